The van der Waals surface area contributed by atoms with Crippen molar-refractivity contribution in [2.75, 3.05) is 5.32 Å². The summed E-state index contributed by atoms with van der Waals surface area (Å²) >= 11 is 0. The molecule has 0 radical (unpaired) electrons. The van der Waals surface area contributed by atoms with Crippen molar-refractivity contribution in [2.45, 2.75) is 20.4 Å². The summed E-state index contributed by atoms with van der Waals surface area (Å²) in [5, 5.41) is 20.6. The van der Waals surface area contributed by atoms with Gasteiger partial charge in [-0.3, -0.25) is 15.2 Å². The molecular formula is C11H13N5O2. The molecule has 7 heteroatoms. The number of rotatable bonds is 4. The Bertz CT molecular complexity index is 579. The Morgan fingerprint density at radius 2 is 2.22 bits per heavy atom. The number of nitrogens with zero attached hydrogens (tertiary/aromatic N) is 3. The molecule has 2 heterocycles. The molecule has 0 amide bonds. The molecule has 2 aromatic heterocycles. The highest BCUT2D eigenvalue weighted by Crippen LogP contribution is 2.20. The summed E-state index contributed by atoms with van der Waals surface area (Å²) in [5.74, 6) is 0.480. The zero-order valence-corrected chi connectivity index (χ0v) is 10.1. The normalized spacial score (nSPS) is 10.3. The fourth-order valence-electron chi connectivity index (χ4n) is 1.55. The number of H-pyrrole nitrogens is 1. The zero-order chi connectivity index (χ0) is 13.1. The van der Waals surface area contributed by atoms with Gasteiger partial charge in [-0.15, -0.1) is 0 Å². The van der Waals surface area contributed by atoms with Crippen molar-refractivity contribution >= 4 is 11.5 Å². The fourth-order valence-corrected chi connectivity index (χ4v) is 1.55. The lowest BCUT2D eigenvalue weighted by Crippen LogP contribution is -2.03. The lowest BCUT2D eigenvalue weighted by molar-refractivity contribution is -0.385. The minimum Gasteiger partial charge on any atom is -0.366 e. The number of anilines is 1. The van der Waals surface area contributed by atoms with Gasteiger partial charge in [-0.25, -0.2) is 4.98 Å². The van der Waals surface area contributed by atoms with E-state index in [9.17, 15) is 10.1 Å². The maximum Gasteiger partial charge on any atom is 0.277 e. The summed E-state index contributed by atoms with van der Waals surface area (Å²) in [5.41, 5.74) is 2.57. The van der Waals surface area contributed by atoms with E-state index in [1.807, 2.05) is 6.92 Å². The van der Waals surface area contributed by atoms with Gasteiger partial charge in [0.05, 0.1) is 17.2 Å². The topological polar surface area (TPSA) is 96.7 Å². The quantitative estimate of drug-likeness (QED) is 0.635. The number of nitrogens with one attached hydrogen (secondary N) is 2. The Labute approximate surface area is 103 Å². The third kappa shape index (κ3) is 2.45. The highest BCUT2D eigenvalue weighted by molar-refractivity contribution is 5.49. The van der Waals surface area contributed by atoms with Crippen LogP contribution in [0.1, 0.15) is 16.8 Å². The predicted molar refractivity (Wildman–Crippen MR) is 66.3 cm³/mol. The van der Waals surface area contributed by atoms with Crippen LogP contribution in [0.25, 0.3) is 0 Å². The van der Waals surface area contributed by atoms with Crippen molar-refractivity contribution < 1.29 is 4.92 Å². The van der Waals surface area contributed by atoms with E-state index in [1.165, 1.54) is 12.3 Å². The fraction of sp³-hybridized carbons (Fsp3) is 0.273. The van der Waals surface area contributed by atoms with E-state index in [2.05, 4.69) is 20.5 Å². The van der Waals surface area contributed by atoms with E-state index in [0.717, 1.165) is 11.3 Å². The minimum atomic E-state index is -0.411. The Morgan fingerprint density at radius 1 is 1.44 bits per heavy atom. The number of aromatic nitrogens is 3. The van der Waals surface area contributed by atoms with Crippen LogP contribution in [0, 0.1) is 24.0 Å². The molecule has 2 aromatic rings. The Kier molecular flexibility index (Phi) is 3.22. The van der Waals surface area contributed by atoms with Gasteiger partial charge in [-0.05, 0) is 13.8 Å². The van der Waals surface area contributed by atoms with Gasteiger partial charge in [0.15, 0.2) is 0 Å². The summed E-state index contributed by atoms with van der Waals surface area (Å²) in [4.78, 5) is 14.5. The summed E-state index contributed by atoms with van der Waals surface area (Å²) in [6.07, 6.45) is 3.20. The van der Waals surface area contributed by atoms with Crippen LogP contribution in [0.4, 0.5) is 11.5 Å². The number of pyridine rings is 1. The average Bonchev–Trinajstić information content (AvgIpc) is 2.73. The van der Waals surface area contributed by atoms with Gasteiger partial charge in [-0.2, -0.15) is 5.10 Å². The molecule has 18 heavy (non-hydrogen) atoms. The number of hydrogen-bond acceptors (Lipinski definition) is 5. The molecule has 0 aliphatic rings. The second-order valence-electron chi connectivity index (χ2n) is 3.99. The van der Waals surface area contributed by atoms with Crippen molar-refractivity contribution in [3.8, 4) is 0 Å². The van der Waals surface area contributed by atoms with Gasteiger partial charge in [0.1, 0.15) is 5.82 Å². The van der Waals surface area contributed by atoms with Crippen LogP contribution in [0.2, 0.25) is 0 Å². The first-order valence-corrected chi connectivity index (χ1v) is 5.41. The first-order valence-electron chi connectivity index (χ1n) is 5.41. The molecule has 0 aliphatic heterocycles. The first kappa shape index (κ1) is 12.0. The molecule has 0 aromatic carbocycles. The molecular weight excluding hydrogens is 234 g/mol. The highest BCUT2D eigenvalue weighted by Gasteiger charge is 2.12. The number of nitro groups is 1. The number of hydrogen-bond donors (Lipinski definition) is 2. The molecule has 0 saturated carbocycles. The van der Waals surface area contributed by atoms with E-state index >= 15 is 0 Å². The van der Waals surface area contributed by atoms with Crippen LogP contribution in [0.15, 0.2) is 18.5 Å². The minimum absolute atomic E-state index is 0.0661. The van der Waals surface area contributed by atoms with Gasteiger partial charge < -0.3 is 5.32 Å². The van der Waals surface area contributed by atoms with E-state index in [-0.39, 0.29) is 5.69 Å². The Morgan fingerprint density at radius 3 is 2.83 bits per heavy atom. The molecule has 0 atom stereocenters. The van der Waals surface area contributed by atoms with Crippen LogP contribution in [-0.2, 0) is 6.54 Å². The number of aryl methyl sites for hydroxylation is 2. The lowest BCUT2D eigenvalue weighted by atomic mass is 10.2. The maximum absolute atomic E-state index is 10.8. The first-order chi connectivity index (χ1) is 8.58. The summed E-state index contributed by atoms with van der Waals surface area (Å²) < 4.78 is 0. The maximum atomic E-state index is 10.8. The van der Waals surface area contributed by atoms with Crippen LogP contribution in [0.3, 0.4) is 0 Å². The Balaban J connectivity index is 2.13. The molecule has 0 fully saturated rings. The standard InChI is InChI=1S/C11H13N5O2/c1-7-4-12-11(3-10(7)16(17)18)13-5-9-6-14-15-8(9)2/h3-4,6H,5H2,1-2H3,(H,12,13)(H,14,15). The molecule has 7 nitrogen and oxygen atoms in total. The molecule has 0 spiro atoms. The van der Waals surface area contributed by atoms with Gasteiger partial charge in [0.25, 0.3) is 5.69 Å². The molecule has 2 N–H and O–H groups in total. The number of aromatic amines is 1. The molecule has 0 aliphatic carbocycles. The van der Waals surface area contributed by atoms with Gasteiger partial charge in [0.2, 0.25) is 0 Å². The van der Waals surface area contributed by atoms with Crippen LogP contribution in [-0.4, -0.2) is 20.1 Å². The summed E-state index contributed by atoms with van der Waals surface area (Å²) in [6.45, 7) is 4.10. The van der Waals surface area contributed by atoms with Crippen molar-refractivity contribution in [1.29, 1.82) is 0 Å². The SMILES string of the molecule is Cc1cnc(NCc2cn[nH]c2C)cc1[N+](=O)[O-]. The van der Waals surface area contributed by atoms with E-state index in [0.29, 0.717) is 17.9 Å². The van der Waals surface area contributed by atoms with Crippen molar-refractivity contribution in [1.82, 2.24) is 15.2 Å². The lowest BCUT2D eigenvalue weighted by Gasteiger charge is -2.05. The monoisotopic (exact) mass is 247 g/mol. The summed E-state index contributed by atoms with van der Waals surface area (Å²) in [7, 11) is 0. The van der Waals surface area contributed by atoms with E-state index in [4.69, 9.17) is 0 Å². The second-order valence-corrected chi connectivity index (χ2v) is 3.99. The van der Waals surface area contributed by atoms with Crippen LogP contribution >= 0.6 is 0 Å². The van der Waals surface area contributed by atoms with E-state index in [1.54, 1.807) is 13.1 Å². The van der Waals surface area contributed by atoms with Crippen molar-refractivity contribution in [3.63, 3.8) is 0 Å². The summed E-state index contributed by atoms with van der Waals surface area (Å²) in [6, 6.07) is 1.44. The zero-order valence-electron chi connectivity index (χ0n) is 10.1. The molecule has 94 valence electrons. The highest BCUT2D eigenvalue weighted by atomic mass is 16.6. The van der Waals surface area contributed by atoms with Crippen LogP contribution < -0.4 is 5.32 Å². The van der Waals surface area contributed by atoms with Crippen LogP contribution in [0.5, 0.6) is 0 Å². The van der Waals surface area contributed by atoms with E-state index < -0.39 is 4.92 Å². The molecule has 0 saturated heterocycles. The molecule has 2 rings (SSSR count). The third-order valence-electron chi connectivity index (χ3n) is 2.67. The smallest absolute Gasteiger partial charge is 0.277 e. The average molecular weight is 247 g/mol. The Hall–Kier alpha value is -2.44. The predicted octanol–water partition coefficient (Wildman–Crippen LogP) is 1.94. The van der Waals surface area contributed by atoms with Gasteiger partial charge in [0, 0.05) is 29.6 Å². The molecule has 0 unspecified atom stereocenters. The van der Waals surface area contributed by atoms with Crippen molar-refractivity contribution in [3.05, 3.63) is 45.4 Å². The third-order valence-corrected chi connectivity index (χ3v) is 2.67. The van der Waals surface area contributed by atoms with Gasteiger partial charge in [-0.1, -0.05) is 0 Å². The van der Waals surface area contributed by atoms with Gasteiger partial charge >= 0.3 is 0 Å². The molecule has 0 bridgehead atoms. The van der Waals surface area contributed by atoms with Crippen molar-refractivity contribution in [2.24, 2.45) is 0 Å². The second kappa shape index (κ2) is 4.82. The largest absolute Gasteiger partial charge is 0.366 e.